The second-order valence-corrected chi connectivity index (χ2v) is 9.54. The van der Waals surface area contributed by atoms with Crippen LogP contribution in [0.25, 0.3) is 11.2 Å². The molecule has 3 heterocycles. The van der Waals surface area contributed by atoms with E-state index in [1.165, 1.54) is 24.2 Å². The van der Waals surface area contributed by atoms with Crippen LogP contribution in [-0.4, -0.2) is 33.8 Å². The van der Waals surface area contributed by atoms with E-state index < -0.39 is 0 Å². The summed E-state index contributed by atoms with van der Waals surface area (Å²) in [4.78, 5) is 10.3. The van der Waals surface area contributed by atoms with Gasteiger partial charge in [0.25, 0.3) is 0 Å². The van der Waals surface area contributed by atoms with Gasteiger partial charge in [0, 0.05) is 24.2 Å². The summed E-state index contributed by atoms with van der Waals surface area (Å²) in [6, 6.07) is 10.0. The second-order valence-electron chi connectivity index (χ2n) is 6.24. The molecule has 1 aliphatic heterocycles. The molecule has 0 aliphatic carbocycles. The predicted molar refractivity (Wildman–Crippen MR) is 131 cm³/mol. The third-order valence-corrected chi connectivity index (χ3v) is 7.43. The first-order valence-electron chi connectivity index (χ1n) is 9.04. The minimum Gasteiger partial charge on any atom is -0.381 e. The van der Waals surface area contributed by atoms with E-state index in [1.807, 2.05) is 25.1 Å². The summed E-state index contributed by atoms with van der Waals surface area (Å²) in [5.41, 5.74) is 3.60. The first-order valence-corrected chi connectivity index (χ1v) is 14.7. The van der Waals surface area contributed by atoms with Crippen LogP contribution in [-0.2, 0) is 4.74 Å². The predicted octanol–water partition coefficient (Wildman–Crippen LogP) is 6.84. The smallest absolute Gasteiger partial charge is 0.167 e. The maximum atomic E-state index is 6.21. The Morgan fingerprint density at radius 3 is 2.54 bits per heavy atom. The van der Waals surface area contributed by atoms with Crippen molar-refractivity contribution in [2.24, 2.45) is 0 Å². The van der Waals surface area contributed by atoms with Crippen molar-refractivity contribution in [3.63, 3.8) is 0 Å². The van der Waals surface area contributed by atoms with Crippen molar-refractivity contribution < 1.29 is 4.74 Å². The summed E-state index contributed by atoms with van der Waals surface area (Å²) in [5.74, 6) is 0.943. The molecule has 0 radical (unpaired) electrons. The highest BCUT2D eigenvalue weighted by molar-refractivity contribution is 14.2. The number of nitrogens with zero attached hydrogens (tertiary/aromatic N) is 3. The van der Waals surface area contributed by atoms with Crippen LogP contribution in [0.1, 0.15) is 25.1 Å². The lowest BCUT2D eigenvalue weighted by Gasteiger charge is -2.11. The summed E-state index contributed by atoms with van der Waals surface area (Å²) < 4.78 is 7.15. The van der Waals surface area contributed by atoms with Crippen molar-refractivity contribution in [2.45, 2.75) is 31.1 Å². The van der Waals surface area contributed by atoms with E-state index in [-0.39, 0.29) is 0 Å². The highest BCUT2D eigenvalue weighted by atomic mass is 127. The van der Waals surface area contributed by atoms with Gasteiger partial charge in [-0.25, -0.2) is 9.97 Å². The number of ether oxygens (including phenoxy) is 1. The number of nitrogens with one attached hydrogen (secondary N) is 1. The third kappa shape index (κ3) is 5.51. The fourth-order valence-corrected chi connectivity index (χ4v) is 5.79. The molecule has 1 aliphatic rings. The molecule has 9 heteroatoms. The van der Waals surface area contributed by atoms with Crippen LogP contribution in [0.2, 0.25) is 5.15 Å². The minimum absolute atomic E-state index is 0.465. The van der Waals surface area contributed by atoms with Crippen molar-refractivity contribution in [3.05, 3.63) is 41.3 Å². The zero-order valence-corrected chi connectivity index (χ0v) is 20.6. The minimum atomic E-state index is 0.465. The molecule has 2 aromatic heterocycles. The Bertz CT molecular complexity index is 924. The van der Waals surface area contributed by atoms with E-state index in [0.717, 1.165) is 41.6 Å². The zero-order valence-electron chi connectivity index (χ0n) is 15.8. The molecule has 0 spiro atoms. The van der Waals surface area contributed by atoms with Crippen LogP contribution in [0, 0.1) is 6.92 Å². The van der Waals surface area contributed by atoms with E-state index in [4.69, 9.17) is 16.3 Å². The van der Waals surface area contributed by atoms with Crippen molar-refractivity contribution in [1.29, 1.82) is 0 Å². The van der Waals surface area contributed by atoms with E-state index >= 15 is 0 Å². The lowest BCUT2D eigenvalue weighted by atomic mass is 10.2. The maximum Gasteiger partial charge on any atom is 0.167 e. The number of fused-ring (bicyclic) bond motifs is 1. The molecule has 1 fully saturated rings. The zero-order chi connectivity index (χ0) is 19.9. The van der Waals surface area contributed by atoms with Crippen LogP contribution >= 0.6 is 51.8 Å². The van der Waals surface area contributed by atoms with Gasteiger partial charge in [0.15, 0.2) is 5.65 Å². The van der Waals surface area contributed by atoms with E-state index in [2.05, 4.69) is 60.1 Å². The summed E-state index contributed by atoms with van der Waals surface area (Å²) in [6.07, 6.45) is 6.53. The standard InChI is InChI=1S/C14H13ClIN4PS.C5H10O/c1-8-17-13-10(7-12(15)19-14(13)20(8)21-16)18-9-5-3-4-6-11(9)22-2;1-2-4-6-5-3-1/h3-7,21H,1-2H3,(H,18,19);1-5H2. The molecular formula is C19H23ClIN4OPS. The molecule has 1 saturated heterocycles. The summed E-state index contributed by atoms with van der Waals surface area (Å²) in [7, 11) is 0. The van der Waals surface area contributed by atoms with Gasteiger partial charge in [-0.05, 0) is 66.6 Å². The van der Waals surface area contributed by atoms with Crippen LogP contribution < -0.4 is 5.32 Å². The molecule has 28 heavy (non-hydrogen) atoms. The fourth-order valence-electron chi connectivity index (χ4n) is 2.90. The van der Waals surface area contributed by atoms with E-state index in [1.54, 1.807) is 11.8 Å². The maximum absolute atomic E-state index is 6.21. The van der Waals surface area contributed by atoms with Gasteiger partial charge in [0.1, 0.15) is 16.5 Å². The number of benzene rings is 1. The fraction of sp³-hybridized carbons (Fsp3) is 0.368. The molecule has 1 atom stereocenters. The van der Waals surface area contributed by atoms with Crippen molar-refractivity contribution in [2.75, 3.05) is 24.8 Å². The molecule has 0 saturated carbocycles. The van der Waals surface area contributed by atoms with Gasteiger partial charge in [0.2, 0.25) is 0 Å². The van der Waals surface area contributed by atoms with Crippen molar-refractivity contribution in [3.8, 4) is 0 Å². The average molecular weight is 549 g/mol. The van der Waals surface area contributed by atoms with Gasteiger partial charge in [-0.2, -0.15) is 0 Å². The number of para-hydroxylation sites is 1. The number of hydrogen-bond acceptors (Lipinski definition) is 5. The van der Waals surface area contributed by atoms with Gasteiger partial charge in [-0.15, -0.1) is 11.8 Å². The van der Waals surface area contributed by atoms with Crippen molar-refractivity contribution in [1.82, 2.24) is 14.3 Å². The molecule has 150 valence electrons. The van der Waals surface area contributed by atoms with Gasteiger partial charge < -0.3 is 10.1 Å². The van der Waals surface area contributed by atoms with Gasteiger partial charge in [-0.1, -0.05) is 23.7 Å². The molecule has 3 aromatic rings. The Morgan fingerprint density at radius 1 is 1.18 bits per heavy atom. The highest BCUT2D eigenvalue weighted by Crippen LogP contribution is 2.36. The quantitative estimate of drug-likeness (QED) is 0.167. The van der Waals surface area contributed by atoms with Gasteiger partial charge in [0.05, 0.1) is 17.7 Å². The highest BCUT2D eigenvalue weighted by Gasteiger charge is 2.14. The number of hydrogen-bond donors (Lipinski definition) is 1. The first kappa shape index (κ1) is 22.1. The van der Waals surface area contributed by atoms with Crippen LogP contribution in [0.5, 0.6) is 0 Å². The lowest BCUT2D eigenvalue weighted by Crippen LogP contribution is -2.03. The molecule has 1 aromatic carbocycles. The number of anilines is 2. The Morgan fingerprint density at radius 2 is 1.93 bits per heavy atom. The number of aromatic nitrogens is 3. The monoisotopic (exact) mass is 548 g/mol. The lowest BCUT2D eigenvalue weighted by molar-refractivity contribution is 0.0968. The Labute approximate surface area is 189 Å². The largest absolute Gasteiger partial charge is 0.381 e. The topological polar surface area (TPSA) is 52.0 Å². The number of halogens is 2. The Balaban J connectivity index is 0.000000320. The molecule has 0 amide bonds. The number of thioether (sulfide) groups is 1. The summed E-state index contributed by atoms with van der Waals surface area (Å²) in [6.45, 7) is 3.99. The molecule has 1 N–H and O–H groups in total. The molecule has 5 nitrogen and oxygen atoms in total. The Hall–Kier alpha value is -0.600. The number of imidazole rings is 1. The van der Waals surface area contributed by atoms with E-state index in [9.17, 15) is 0 Å². The molecular weight excluding hydrogens is 526 g/mol. The third-order valence-electron chi connectivity index (χ3n) is 4.29. The van der Waals surface area contributed by atoms with E-state index in [0.29, 0.717) is 11.5 Å². The Kier molecular flexibility index (Phi) is 8.66. The van der Waals surface area contributed by atoms with Gasteiger partial charge in [-0.3, -0.25) is 4.34 Å². The molecule has 4 rings (SSSR count). The SMILES string of the molecule is C1CCOCC1.CSc1ccccc1Nc1cc(Cl)nc2c1nc(C)n2PI. The average Bonchev–Trinajstić information content (AvgIpc) is 3.05. The van der Waals surface area contributed by atoms with Gasteiger partial charge >= 0.3 is 0 Å². The summed E-state index contributed by atoms with van der Waals surface area (Å²) in [5, 5.41) is 3.92. The number of pyridine rings is 1. The molecule has 0 bridgehead atoms. The normalized spacial score (nSPS) is 14.3. The number of aryl methyl sites for hydroxylation is 1. The summed E-state index contributed by atoms with van der Waals surface area (Å²) >= 11 is 10.2. The van der Waals surface area contributed by atoms with Crippen LogP contribution in [0.4, 0.5) is 11.4 Å². The van der Waals surface area contributed by atoms with Crippen molar-refractivity contribution >= 4 is 74.3 Å². The van der Waals surface area contributed by atoms with Crippen LogP contribution in [0.15, 0.2) is 35.2 Å². The van der Waals surface area contributed by atoms with Crippen LogP contribution in [0.3, 0.4) is 0 Å². The first-order chi connectivity index (χ1) is 13.6. The molecule has 1 unspecified atom stereocenters. The second kappa shape index (κ2) is 11.0. The number of rotatable bonds is 4.